The molecule has 2 aromatic carbocycles. The van der Waals surface area contributed by atoms with Gasteiger partial charge in [-0.3, -0.25) is 9.69 Å². The molecule has 7 nitrogen and oxygen atoms in total. The molecule has 7 heteroatoms. The van der Waals surface area contributed by atoms with E-state index in [1.807, 2.05) is 66.7 Å². The van der Waals surface area contributed by atoms with Crippen LogP contribution < -0.4 is 9.64 Å². The maximum absolute atomic E-state index is 13.6. The lowest BCUT2D eigenvalue weighted by molar-refractivity contribution is 0.0358. The van der Waals surface area contributed by atoms with Gasteiger partial charge in [0.1, 0.15) is 17.7 Å². The smallest absolute Gasteiger partial charge is 0.195 e. The van der Waals surface area contributed by atoms with Gasteiger partial charge in [-0.05, 0) is 24.3 Å². The van der Waals surface area contributed by atoms with Crippen molar-refractivity contribution in [3.63, 3.8) is 0 Å². The maximum atomic E-state index is 13.6. The van der Waals surface area contributed by atoms with Crippen molar-refractivity contribution in [2.45, 2.75) is 12.1 Å². The first-order chi connectivity index (χ1) is 16.7. The fourth-order valence-electron chi connectivity index (χ4n) is 4.83. The predicted octanol–water partition coefficient (Wildman–Crippen LogP) is 3.68. The number of piperazine rings is 1. The van der Waals surface area contributed by atoms with E-state index in [1.165, 1.54) is 0 Å². The number of aromatic amines is 1. The quantitative estimate of drug-likeness (QED) is 0.413. The topological polar surface area (TPSA) is 81.7 Å². The summed E-state index contributed by atoms with van der Waals surface area (Å²) in [6.45, 7) is 2.85. The summed E-state index contributed by atoms with van der Waals surface area (Å²) in [5.41, 5.74) is 2.17. The average Bonchev–Trinajstić information content (AvgIpc) is 3.34. The predicted molar refractivity (Wildman–Crippen MR) is 132 cm³/mol. The van der Waals surface area contributed by atoms with Gasteiger partial charge in [0.15, 0.2) is 5.78 Å². The van der Waals surface area contributed by atoms with Crippen LogP contribution in [0.4, 0.5) is 5.82 Å². The lowest BCUT2D eigenvalue weighted by atomic mass is 9.92. The van der Waals surface area contributed by atoms with E-state index in [9.17, 15) is 9.90 Å². The van der Waals surface area contributed by atoms with Crippen LogP contribution in [0.15, 0.2) is 79.1 Å². The van der Waals surface area contributed by atoms with Crippen molar-refractivity contribution < 1.29 is 14.6 Å². The number of carbonyl (C=O) groups is 1. The standard InChI is InChI=1S/C27H28N4O3/c1-34-23-11-5-3-9-20(23)25(31-16-14-30(15-17-31)24-12-6-7-13-28-24)27(33)26(32)21-18-29-22-10-4-2-8-19(21)22/h2-13,18,25,27,29,33H,14-17H2,1H3. The molecular weight excluding hydrogens is 428 g/mol. The van der Waals surface area contributed by atoms with E-state index in [2.05, 4.69) is 19.8 Å². The van der Waals surface area contributed by atoms with Gasteiger partial charge in [0.05, 0.1) is 13.2 Å². The second kappa shape index (κ2) is 9.67. The zero-order chi connectivity index (χ0) is 23.5. The number of pyridine rings is 1. The zero-order valence-electron chi connectivity index (χ0n) is 19.1. The molecule has 1 aliphatic heterocycles. The third kappa shape index (κ3) is 4.16. The number of hydrogen-bond acceptors (Lipinski definition) is 6. The molecule has 1 saturated heterocycles. The van der Waals surface area contributed by atoms with Crippen LogP contribution in [0.2, 0.25) is 0 Å². The number of ether oxygens (including phenoxy) is 1. The van der Waals surface area contributed by atoms with Gasteiger partial charge in [-0.1, -0.05) is 42.5 Å². The number of nitrogens with one attached hydrogen (secondary N) is 1. The summed E-state index contributed by atoms with van der Waals surface area (Å²) in [5, 5.41) is 12.3. The number of hydrogen-bond donors (Lipinski definition) is 2. The average molecular weight is 457 g/mol. The Hall–Kier alpha value is -3.68. The SMILES string of the molecule is COc1ccccc1C(C(O)C(=O)c1c[nH]c2ccccc12)N1CCN(c2ccccn2)CC1. The summed E-state index contributed by atoms with van der Waals surface area (Å²) >= 11 is 0. The monoisotopic (exact) mass is 456 g/mol. The van der Waals surface area contributed by atoms with Gasteiger partial charge < -0.3 is 19.7 Å². The summed E-state index contributed by atoms with van der Waals surface area (Å²) in [4.78, 5) is 25.6. The number of rotatable bonds is 7. The van der Waals surface area contributed by atoms with Gasteiger partial charge >= 0.3 is 0 Å². The van der Waals surface area contributed by atoms with Gasteiger partial charge in [-0.25, -0.2) is 4.98 Å². The Morgan fingerprint density at radius 1 is 1.00 bits per heavy atom. The Bertz CT molecular complexity index is 1270. The van der Waals surface area contributed by atoms with Crippen molar-refractivity contribution in [3.05, 3.63) is 90.3 Å². The lowest BCUT2D eigenvalue weighted by Crippen LogP contribution is -2.51. The summed E-state index contributed by atoms with van der Waals surface area (Å²) in [5.74, 6) is 1.29. The van der Waals surface area contributed by atoms with Crippen LogP contribution >= 0.6 is 0 Å². The van der Waals surface area contributed by atoms with Gasteiger partial charge in [-0.15, -0.1) is 0 Å². The number of aromatic nitrogens is 2. The number of fused-ring (bicyclic) bond motifs is 1. The number of ketones is 1. The Labute approximate surface area is 198 Å². The van der Waals surface area contributed by atoms with E-state index in [1.54, 1.807) is 19.5 Å². The second-order valence-corrected chi connectivity index (χ2v) is 8.45. The first-order valence-corrected chi connectivity index (χ1v) is 11.5. The fraction of sp³-hybridized carbons (Fsp3) is 0.259. The van der Waals surface area contributed by atoms with Gasteiger partial charge in [0.25, 0.3) is 0 Å². The number of aliphatic hydroxyl groups excluding tert-OH is 1. The molecule has 0 saturated carbocycles. The van der Waals surface area contributed by atoms with E-state index in [-0.39, 0.29) is 5.78 Å². The van der Waals surface area contributed by atoms with Gasteiger partial charge in [-0.2, -0.15) is 0 Å². The molecule has 1 fully saturated rings. The molecule has 34 heavy (non-hydrogen) atoms. The number of benzene rings is 2. The molecular formula is C27H28N4O3. The highest BCUT2D eigenvalue weighted by Gasteiger charge is 2.37. The molecule has 0 spiro atoms. The second-order valence-electron chi connectivity index (χ2n) is 8.45. The molecule has 0 amide bonds. The first kappa shape index (κ1) is 22.1. The van der Waals surface area contributed by atoms with Crippen LogP contribution in [-0.4, -0.2) is 65.2 Å². The summed E-state index contributed by atoms with van der Waals surface area (Å²) in [7, 11) is 1.61. The van der Waals surface area contributed by atoms with Crippen molar-refractivity contribution in [3.8, 4) is 5.75 Å². The van der Waals surface area contributed by atoms with E-state index in [0.29, 0.717) is 24.4 Å². The van der Waals surface area contributed by atoms with Crippen LogP contribution in [0.1, 0.15) is 22.0 Å². The van der Waals surface area contributed by atoms with Crippen molar-refractivity contribution in [1.29, 1.82) is 0 Å². The third-order valence-electron chi connectivity index (χ3n) is 6.56. The number of nitrogens with zero attached hydrogens (tertiary/aromatic N) is 3. The fourth-order valence-corrected chi connectivity index (χ4v) is 4.83. The van der Waals surface area contributed by atoms with Crippen molar-refractivity contribution in [2.75, 3.05) is 38.2 Å². The number of methoxy groups -OCH3 is 1. The minimum absolute atomic E-state index is 0.305. The lowest BCUT2D eigenvalue weighted by Gasteiger charge is -2.41. The molecule has 0 radical (unpaired) electrons. The van der Waals surface area contributed by atoms with E-state index in [4.69, 9.17) is 4.74 Å². The molecule has 2 atom stereocenters. The Balaban J connectivity index is 1.46. The molecule has 2 unspecified atom stereocenters. The molecule has 2 aromatic heterocycles. The summed E-state index contributed by atoms with van der Waals surface area (Å²) in [6.07, 6.45) is 2.23. The number of H-pyrrole nitrogens is 1. The molecule has 0 bridgehead atoms. The molecule has 5 rings (SSSR count). The van der Waals surface area contributed by atoms with Gasteiger partial charge in [0, 0.05) is 60.6 Å². The number of anilines is 1. The van der Waals surface area contributed by atoms with Crippen molar-refractivity contribution in [2.24, 2.45) is 0 Å². The Kier molecular flexibility index (Phi) is 6.29. The molecule has 0 aliphatic carbocycles. The van der Waals surface area contributed by atoms with Gasteiger partial charge in [0.2, 0.25) is 0 Å². The highest BCUT2D eigenvalue weighted by Crippen LogP contribution is 2.35. The van der Waals surface area contributed by atoms with E-state index in [0.717, 1.165) is 35.4 Å². The highest BCUT2D eigenvalue weighted by molar-refractivity contribution is 6.10. The number of Topliss-reactive ketones (excluding diaryl/α,β-unsaturated/α-hetero) is 1. The minimum Gasteiger partial charge on any atom is -0.496 e. The van der Waals surface area contributed by atoms with Crippen LogP contribution in [0.25, 0.3) is 10.9 Å². The highest BCUT2D eigenvalue weighted by atomic mass is 16.5. The molecule has 1 aliphatic rings. The molecule has 4 aromatic rings. The Morgan fingerprint density at radius 2 is 1.74 bits per heavy atom. The number of carbonyl (C=O) groups excluding carboxylic acids is 1. The number of aliphatic hydroxyl groups is 1. The largest absolute Gasteiger partial charge is 0.496 e. The summed E-state index contributed by atoms with van der Waals surface area (Å²) in [6, 6.07) is 20.6. The normalized spacial score (nSPS) is 16.4. The molecule has 2 N–H and O–H groups in total. The molecule has 3 heterocycles. The van der Waals surface area contributed by atoms with E-state index >= 15 is 0 Å². The number of para-hydroxylation sites is 2. The third-order valence-corrected chi connectivity index (χ3v) is 6.56. The van der Waals surface area contributed by atoms with Crippen molar-refractivity contribution in [1.82, 2.24) is 14.9 Å². The molecule has 174 valence electrons. The van der Waals surface area contributed by atoms with Crippen molar-refractivity contribution >= 4 is 22.5 Å². The Morgan fingerprint density at radius 3 is 2.50 bits per heavy atom. The first-order valence-electron chi connectivity index (χ1n) is 11.5. The summed E-state index contributed by atoms with van der Waals surface area (Å²) < 4.78 is 5.62. The zero-order valence-corrected chi connectivity index (χ0v) is 19.1. The van der Waals surface area contributed by atoms with E-state index < -0.39 is 12.1 Å². The minimum atomic E-state index is -1.25. The van der Waals surface area contributed by atoms with Crippen LogP contribution in [0.5, 0.6) is 5.75 Å². The van der Waals surface area contributed by atoms with Crippen LogP contribution in [0.3, 0.4) is 0 Å². The maximum Gasteiger partial charge on any atom is 0.195 e. The van der Waals surface area contributed by atoms with Crippen LogP contribution in [-0.2, 0) is 0 Å². The van der Waals surface area contributed by atoms with Crippen LogP contribution in [0, 0.1) is 0 Å².